The van der Waals surface area contributed by atoms with Crippen molar-refractivity contribution in [1.29, 1.82) is 0 Å². The first-order chi connectivity index (χ1) is 30.4. The maximum atomic E-state index is 14.0. The predicted octanol–water partition coefficient (Wildman–Crippen LogP) is 7.54. The number of likely N-dealkylation sites (N-methyl/N-ethyl adjacent to an activating group) is 2. The van der Waals surface area contributed by atoms with Crippen LogP contribution >= 0.6 is 11.6 Å². The van der Waals surface area contributed by atoms with Crippen molar-refractivity contribution in [2.45, 2.75) is 18.4 Å². The third-order valence-electron chi connectivity index (χ3n) is 11.7. The molecule has 2 saturated heterocycles. The number of hydrogen-bond donors (Lipinski definition) is 3. The monoisotopic (exact) mass is 890 g/mol. The summed E-state index contributed by atoms with van der Waals surface area (Å²) in [6, 6.07) is 32.0. The van der Waals surface area contributed by atoms with Crippen molar-refractivity contribution in [3.63, 3.8) is 0 Å². The molecule has 0 bridgehead atoms. The van der Waals surface area contributed by atoms with E-state index in [2.05, 4.69) is 58.9 Å². The van der Waals surface area contributed by atoms with Crippen molar-refractivity contribution in [3.8, 4) is 28.4 Å². The van der Waals surface area contributed by atoms with Gasteiger partial charge < -0.3 is 34.6 Å². The second-order valence-electron chi connectivity index (χ2n) is 16.5. The van der Waals surface area contributed by atoms with E-state index in [1.807, 2.05) is 93.9 Å². The molecular weight excluding hydrogens is 836 g/mol. The van der Waals surface area contributed by atoms with Gasteiger partial charge in [-0.1, -0.05) is 35.9 Å². The zero-order valence-corrected chi connectivity index (χ0v) is 37.8. The summed E-state index contributed by atoms with van der Waals surface area (Å²) in [5, 5.41) is 3.65. The largest absolute Gasteiger partial charge is 0.492 e. The number of aryl methyl sites for hydroxylation is 1. The maximum absolute atomic E-state index is 14.0. The molecule has 5 aromatic carbocycles. The second kappa shape index (κ2) is 19.4. The molecule has 2 aliphatic heterocycles. The minimum absolute atomic E-state index is 0.00445. The summed E-state index contributed by atoms with van der Waals surface area (Å²) in [7, 11) is 1.92. The highest BCUT2D eigenvalue weighted by Crippen LogP contribution is 2.36. The number of hydrazine groups is 1. The van der Waals surface area contributed by atoms with Crippen LogP contribution in [0, 0.1) is 6.92 Å². The van der Waals surface area contributed by atoms with Crippen LogP contribution in [0.25, 0.3) is 22.0 Å². The number of aromatic amines is 1. The van der Waals surface area contributed by atoms with Crippen molar-refractivity contribution >= 4 is 49.8 Å². The average Bonchev–Trinajstić information content (AvgIpc) is 3.76. The zero-order chi connectivity index (χ0) is 44.1. The normalized spacial score (nSPS) is 15.5. The van der Waals surface area contributed by atoms with Gasteiger partial charge in [0.25, 0.3) is 15.9 Å². The Balaban J connectivity index is 0.997. The van der Waals surface area contributed by atoms with Gasteiger partial charge in [-0.3, -0.25) is 9.69 Å². The number of amides is 1. The number of piperazine rings is 2. The van der Waals surface area contributed by atoms with Gasteiger partial charge >= 0.3 is 0 Å². The molecule has 0 aliphatic carbocycles. The van der Waals surface area contributed by atoms with E-state index in [9.17, 15) is 13.2 Å². The lowest BCUT2D eigenvalue weighted by atomic mass is 9.98. The molecule has 8 rings (SSSR count). The Hall–Kier alpha value is -5.61. The first kappa shape index (κ1) is 44.0. The molecule has 2 fully saturated rings. The van der Waals surface area contributed by atoms with E-state index in [4.69, 9.17) is 21.1 Å². The van der Waals surface area contributed by atoms with E-state index in [1.165, 1.54) is 11.6 Å². The van der Waals surface area contributed by atoms with Crippen LogP contribution < -0.4 is 24.5 Å². The molecule has 0 radical (unpaired) electrons. The first-order valence-corrected chi connectivity index (χ1v) is 23.1. The number of carbonyl (C=O) groups is 1. The van der Waals surface area contributed by atoms with Crippen LogP contribution in [-0.4, -0.2) is 126 Å². The van der Waals surface area contributed by atoms with Crippen LogP contribution in [-0.2, 0) is 16.6 Å². The number of nitrogens with one attached hydrogen (secondary N) is 3. The van der Waals surface area contributed by atoms with Crippen LogP contribution in [0.3, 0.4) is 0 Å². The molecule has 63 heavy (non-hydrogen) atoms. The lowest BCUT2D eigenvalue weighted by Gasteiger charge is -2.36. The molecule has 6 aromatic rings. The SMILES string of the molecule is Cc1cc(S(=O)(=O)NC(=O)c2ccc(N3CCN(Cc4cc(OCCN(C)C)ccc4-c4ccc(Cl)cc4)CC3)cc2Oc2cccc3[nH]ccc23)ccc1NN1CCN(C)CC1. The molecule has 330 valence electrons. The van der Waals surface area contributed by atoms with Gasteiger partial charge in [-0.25, -0.2) is 18.1 Å². The first-order valence-electron chi connectivity index (χ1n) is 21.3. The van der Waals surface area contributed by atoms with E-state index < -0.39 is 15.9 Å². The van der Waals surface area contributed by atoms with Crippen LogP contribution in [0.15, 0.2) is 114 Å². The minimum atomic E-state index is -4.24. The molecule has 2 aliphatic rings. The highest BCUT2D eigenvalue weighted by Gasteiger charge is 2.26. The zero-order valence-electron chi connectivity index (χ0n) is 36.2. The van der Waals surface area contributed by atoms with Gasteiger partial charge in [-0.05, 0) is 123 Å². The fourth-order valence-electron chi connectivity index (χ4n) is 7.95. The van der Waals surface area contributed by atoms with E-state index in [0.717, 1.165) is 110 Å². The Morgan fingerprint density at radius 3 is 2.37 bits per heavy atom. The second-order valence-corrected chi connectivity index (χ2v) is 18.7. The third-order valence-corrected chi connectivity index (χ3v) is 13.3. The van der Waals surface area contributed by atoms with Gasteiger partial charge in [0, 0.05) is 99.3 Å². The van der Waals surface area contributed by atoms with E-state index in [1.54, 1.807) is 18.2 Å². The van der Waals surface area contributed by atoms with E-state index >= 15 is 0 Å². The molecule has 3 heterocycles. The number of aromatic nitrogens is 1. The van der Waals surface area contributed by atoms with E-state index in [-0.39, 0.29) is 16.2 Å². The molecule has 3 N–H and O–H groups in total. The highest BCUT2D eigenvalue weighted by molar-refractivity contribution is 7.90. The minimum Gasteiger partial charge on any atom is -0.492 e. The fourth-order valence-corrected chi connectivity index (χ4v) is 9.13. The number of H-pyrrole nitrogens is 1. The van der Waals surface area contributed by atoms with Gasteiger partial charge in [0.05, 0.1) is 16.1 Å². The standard InChI is InChI=1S/C48H55ClN8O5S/c1-34-30-40(14-17-44(34)51-57-26-20-54(4)21-27-57)63(59,60)52-48(58)43-15-12-38(32-47(43)62-46-7-5-6-45-42(46)18-19-50-45)56-24-22-55(23-25-56)33-36-31-39(61-29-28-53(2)3)13-16-41(36)35-8-10-37(49)11-9-35/h5-19,30-32,50-51H,20-29,33H2,1-4H3,(H,52,58). The number of halogens is 1. The summed E-state index contributed by atoms with van der Waals surface area (Å²) in [5.41, 5.74) is 10.2. The van der Waals surface area contributed by atoms with Crippen LogP contribution in [0.5, 0.6) is 17.2 Å². The summed E-state index contributed by atoms with van der Waals surface area (Å²) in [6.45, 7) is 10.6. The maximum Gasteiger partial charge on any atom is 0.268 e. The quantitative estimate of drug-likeness (QED) is 0.0948. The summed E-state index contributed by atoms with van der Waals surface area (Å²) in [4.78, 5) is 26.3. The fraction of sp³-hybridized carbons (Fsp3) is 0.312. The number of nitrogens with zero attached hydrogens (tertiary/aromatic N) is 5. The number of sulfonamides is 1. The molecular formula is C48H55ClN8O5S. The smallest absolute Gasteiger partial charge is 0.268 e. The molecule has 0 spiro atoms. The molecule has 0 saturated carbocycles. The summed E-state index contributed by atoms with van der Waals surface area (Å²) in [5.74, 6) is 0.836. The summed E-state index contributed by atoms with van der Waals surface area (Å²) >= 11 is 6.25. The van der Waals surface area contributed by atoms with Gasteiger partial charge in [0.15, 0.2) is 0 Å². The van der Waals surface area contributed by atoms with Crippen molar-refractivity contribution in [2.24, 2.45) is 0 Å². The van der Waals surface area contributed by atoms with Gasteiger partial charge in [-0.15, -0.1) is 0 Å². The third kappa shape index (κ3) is 10.8. The van der Waals surface area contributed by atoms with E-state index in [0.29, 0.717) is 17.4 Å². The molecule has 1 aromatic heterocycles. The van der Waals surface area contributed by atoms with Crippen molar-refractivity contribution in [2.75, 3.05) is 97.0 Å². The van der Waals surface area contributed by atoms with Gasteiger partial charge in [0.2, 0.25) is 0 Å². The Bertz CT molecular complexity index is 2660. The predicted molar refractivity (Wildman–Crippen MR) is 252 cm³/mol. The van der Waals surface area contributed by atoms with Crippen molar-refractivity contribution < 1.29 is 22.7 Å². The number of fused-ring (bicyclic) bond motifs is 1. The van der Waals surface area contributed by atoms with Gasteiger partial charge in [0.1, 0.15) is 23.9 Å². The van der Waals surface area contributed by atoms with Crippen LogP contribution in [0.4, 0.5) is 11.4 Å². The van der Waals surface area contributed by atoms with Crippen molar-refractivity contribution in [1.82, 2.24) is 29.4 Å². The Kier molecular flexibility index (Phi) is 13.6. The molecule has 1 amide bonds. The molecule has 0 unspecified atom stereocenters. The summed E-state index contributed by atoms with van der Waals surface area (Å²) < 4.78 is 42.5. The topological polar surface area (TPSA) is 126 Å². The number of benzene rings is 5. The Morgan fingerprint density at radius 2 is 1.62 bits per heavy atom. The lowest BCUT2D eigenvalue weighted by molar-refractivity contribution is 0.0979. The Labute approximate surface area is 375 Å². The van der Waals surface area contributed by atoms with Crippen LogP contribution in [0.2, 0.25) is 5.02 Å². The molecule has 15 heteroatoms. The molecule has 13 nitrogen and oxygen atoms in total. The Morgan fingerprint density at radius 1 is 0.841 bits per heavy atom. The molecule has 0 atom stereocenters. The lowest BCUT2D eigenvalue weighted by Crippen LogP contribution is -2.47. The number of hydrogen-bond acceptors (Lipinski definition) is 11. The number of ether oxygens (including phenoxy) is 2. The van der Waals surface area contributed by atoms with Crippen molar-refractivity contribution in [3.05, 3.63) is 131 Å². The number of carbonyl (C=O) groups excluding carboxylic acids is 1. The number of rotatable bonds is 15. The number of anilines is 2. The van der Waals surface area contributed by atoms with Gasteiger partial charge in [-0.2, -0.15) is 0 Å². The highest BCUT2D eigenvalue weighted by atomic mass is 35.5. The van der Waals surface area contributed by atoms with Crippen LogP contribution in [0.1, 0.15) is 21.5 Å². The average molecular weight is 892 g/mol. The summed E-state index contributed by atoms with van der Waals surface area (Å²) in [6.07, 6.45) is 1.83.